The van der Waals surface area contributed by atoms with E-state index in [-0.39, 0.29) is 5.91 Å². The predicted molar refractivity (Wildman–Crippen MR) is 103 cm³/mol. The van der Waals surface area contributed by atoms with E-state index in [1.165, 1.54) is 0 Å². The molecule has 1 aromatic carbocycles. The van der Waals surface area contributed by atoms with E-state index in [9.17, 15) is 4.79 Å². The normalized spacial score (nSPS) is 10.4. The number of carbonyl (C=O) groups excluding carboxylic acids is 1. The molecule has 0 aliphatic carbocycles. The number of aryl methyl sites for hydroxylation is 4. The van der Waals surface area contributed by atoms with Crippen LogP contribution in [0.5, 0.6) is 5.75 Å². The predicted octanol–water partition coefficient (Wildman–Crippen LogP) is 4.64. The average Bonchev–Trinajstić information content (AvgIpc) is 2.59. The summed E-state index contributed by atoms with van der Waals surface area (Å²) in [5.41, 5.74) is 5.09. The Hall–Kier alpha value is -2.62. The lowest BCUT2D eigenvalue weighted by atomic mass is 10.0. The number of pyridine rings is 1. The van der Waals surface area contributed by atoms with Crippen LogP contribution >= 0.6 is 0 Å². The summed E-state index contributed by atoms with van der Waals surface area (Å²) in [7, 11) is 0. The molecule has 1 aromatic heterocycles. The molecule has 1 amide bonds. The molecule has 1 heterocycles. The minimum Gasteiger partial charge on any atom is -0.489 e. The van der Waals surface area contributed by atoms with E-state index in [4.69, 9.17) is 4.74 Å². The van der Waals surface area contributed by atoms with E-state index >= 15 is 0 Å². The Labute approximate surface area is 149 Å². The van der Waals surface area contributed by atoms with Crippen molar-refractivity contribution in [1.82, 2.24) is 4.98 Å². The van der Waals surface area contributed by atoms with Gasteiger partial charge in [0.15, 0.2) is 0 Å². The van der Waals surface area contributed by atoms with Crippen LogP contribution in [0.2, 0.25) is 0 Å². The molecule has 1 N–H and O–H groups in total. The van der Waals surface area contributed by atoms with Gasteiger partial charge in [0.2, 0.25) is 0 Å². The lowest BCUT2D eigenvalue weighted by Crippen LogP contribution is -2.18. The molecule has 4 heteroatoms. The highest BCUT2D eigenvalue weighted by atomic mass is 16.5. The average molecular weight is 338 g/mol. The molecule has 0 aliphatic rings. The summed E-state index contributed by atoms with van der Waals surface area (Å²) in [6, 6.07) is 7.91. The Bertz CT molecular complexity index is 759. The van der Waals surface area contributed by atoms with Crippen LogP contribution in [0.3, 0.4) is 0 Å². The minimum atomic E-state index is -0.195. The number of rotatable bonds is 7. The maximum absolute atomic E-state index is 13.0. The van der Waals surface area contributed by atoms with Crippen molar-refractivity contribution in [3.8, 4) is 5.75 Å². The van der Waals surface area contributed by atoms with E-state index in [1.54, 1.807) is 12.1 Å². The molecule has 0 fully saturated rings. The van der Waals surface area contributed by atoms with Gasteiger partial charge in [0.1, 0.15) is 17.9 Å². The van der Waals surface area contributed by atoms with Crippen molar-refractivity contribution in [3.63, 3.8) is 0 Å². The van der Waals surface area contributed by atoms with Gasteiger partial charge in [-0.25, -0.2) is 0 Å². The molecule has 4 nitrogen and oxygen atoms in total. The van der Waals surface area contributed by atoms with Crippen LogP contribution < -0.4 is 10.1 Å². The molecular formula is C21H26N2O2. The molecule has 0 saturated carbocycles. The van der Waals surface area contributed by atoms with Gasteiger partial charge in [-0.2, -0.15) is 0 Å². The molecule has 0 spiro atoms. The molecule has 0 aliphatic heterocycles. The fourth-order valence-corrected chi connectivity index (χ4v) is 2.91. The number of carbonyl (C=O) groups is 1. The summed E-state index contributed by atoms with van der Waals surface area (Å²) >= 11 is 0. The van der Waals surface area contributed by atoms with Crippen LogP contribution in [0.25, 0.3) is 0 Å². The van der Waals surface area contributed by atoms with Crippen molar-refractivity contribution >= 4 is 11.6 Å². The van der Waals surface area contributed by atoms with E-state index in [0.29, 0.717) is 23.6 Å². The molecular weight excluding hydrogens is 312 g/mol. The Morgan fingerprint density at radius 2 is 1.88 bits per heavy atom. The van der Waals surface area contributed by atoms with Gasteiger partial charge < -0.3 is 10.1 Å². The number of aromatic nitrogens is 1. The Balaban J connectivity index is 2.44. The molecule has 0 saturated heterocycles. The number of para-hydroxylation sites is 1. The maximum atomic E-state index is 13.0. The number of ether oxygens (including phenoxy) is 1. The topological polar surface area (TPSA) is 51.2 Å². The Morgan fingerprint density at radius 3 is 2.44 bits per heavy atom. The fourth-order valence-electron chi connectivity index (χ4n) is 2.91. The van der Waals surface area contributed by atoms with E-state index in [1.807, 2.05) is 32.0 Å². The second-order valence-corrected chi connectivity index (χ2v) is 5.93. The standard InChI is InChI=1S/C21H26N2O2/c1-6-12-25-18-13-14(4)22-15(5)19(18)21(24)23-20-16(7-2)10-9-11-17(20)8-3/h6,9-11,13H,1,7-8,12H2,2-5H3,(H,23,24). The molecule has 2 rings (SSSR count). The minimum absolute atomic E-state index is 0.195. The third kappa shape index (κ3) is 4.27. The van der Waals surface area contributed by atoms with Crippen molar-refractivity contribution < 1.29 is 9.53 Å². The van der Waals surface area contributed by atoms with Crippen molar-refractivity contribution in [2.75, 3.05) is 11.9 Å². The highest BCUT2D eigenvalue weighted by molar-refractivity contribution is 6.07. The number of hydrogen-bond acceptors (Lipinski definition) is 3. The first-order valence-electron chi connectivity index (χ1n) is 8.65. The van der Waals surface area contributed by atoms with E-state index < -0.39 is 0 Å². The van der Waals surface area contributed by atoms with Crippen molar-refractivity contribution in [3.05, 3.63) is 65.0 Å². The van der Waals surface area contributed by atoms with Crippen molar-refractivity contribution in [2.24, 2.45) is 0 Å². The summed E-state index contributed by atoms with van der Waals surface area (Å²) < 4.78 is 5.70. The van der Waals surface area contributed by atoms with Crippen LogP contribution in [0, 0.1) is 13.8 Å². The molecule has 0 bridgehead atoms. The highest BCUT2D eigenvalue weighted by Gasteiger charge is 2.19. The molecule has 2 aromatic rings. The third-order valence-electron chi connectivity index (χ3n) is 4.11. The van der Waals surface area contributed by atoms with Gasteiger partial charge in [-0.05, 0) is 37.8 Å². The zero-order valence-electron chi connectivity index (χ0n) is 15.5. The van der Waals surface area contributed by atoms with E-state index in [0.717, 1.165) is 35.3 Å². The summed E-state index contributed by atoms with van der Waals surface area (Å²) in [5, 5.41) is 3.09. The van der Waals surface area contributed by atoms with Gasteiger partial charge in [-0.15, -0.1) is 0 Å². The summed E-state index contributed by atoms with van der Waals surface area (Å²) in [5.74, 6) is 0.342. The van der Waals surface area contributed by atoms with Crippen LogP contribution in [0.15, 0.2) is 36.9 Å². The first-order valence-corrected chi connectivity index (χ1v) is 8.65. The quantitative estimate of drug-likeness (QED) is 0.748. The number of hydrogen-bond donors (Lipinski definition) is 1. The lowest BCUT2D eigenvalue weighted by molar-refractivity contribution is 0.102. The SMILES string of the molecule is C=CCOc1cc(C)nc(C)c1C(=O)Nc1c(CC)cccc1CC. The van der Waals surface area contributed by atoms with Crippen LogP contribution in [0.4, 0.5) is 5.69 Å². The van der Waals surface area contributed by atoms with Gasteiger partial charge in [-0.3, -0.25) is 9.78 Å². The Kier molecular flexibility index (Phi) is 6.34. The van der Waals surface area contributed by atoms with Crippen LogP contribution in [-0.4, -0.2) is 17.5 Å². The summed E-state index contributed by atoms with van der Waals surface area (Å²) in [6.07, 6.45) is 3.37. The maximum Gasteiger partial charge on any atom is 0.261 e. The van der Waals surface area contributed by atoms with Gasteiger partial charge in [0.25, 0.3) is 5.91 Å². The zero-order chi connectivity index (χ0) is 18.4. The Morgan fingerprint density at radius 1 is 1.24 bits per heavy atom. The number of anilines is 1. The highest BCUT2D eigenvalue weighted by Crippen LogP contribution is 2.27. The van der Waals surface area contributed by atoms with Crippen molar-refractivity contribution in [1.29, 1.82) is 0 Å². The van der Waals surface area contributed by atoms with Crippen LogP contribution in [0.1, 0.15) is 46.7 Å². The molecule has 0 unspecified atom stereocenters. The van der Waals surface area contributed by atoms with Gasteiger partial charge in [0, 0.05) is 17.4 Å². The van der Waals surface area contributed by atoms with Gasteiger partial charge in [-0.1, -0.05) is 44.7 Å². The smallest absolute Gasteiger partial charge is 0.261 e. The second-order valence-electron chi connectivity index (χ2n) is 5.93. The number of nitrogens with zero attached hydrogens (tertiary/aromatic N) is 1. The first-order chi connectivity index (χ1) is 12.0. The number of benzene rings is 1. The van der Waals surface area contributed by atoms with Gasteiger partial charge >= 0.3 is 0 Å². The van der Waals surface area contributed by atoms with Crippen molar-refractivity contribution in [2.45, 2.75) is 40.5 Å². The third-order valence-corrected chi connectivity index (χ3v) is 4.11. The largest absolute Gasteiger partial charge is 0.489 e. The number of amides is 1. The molecule has 0 radical (unpaired) electrons. The fraction of sp³-hybridized carbons (Fsp3) is 0.333. The second kappa shape index (κ2) is 8.47. The monoisotopic (exact) mass is 338 g/mol. The van der Waals surface area contributed by atoms with Gasteiger partial charge in [0.05, 0.1) is 5.69 Å². The van der Waals surface area contributed by atoms with Crippen LogP contribution in [-0.2, 0) is 12.8 Å². The first kappa shape index (κ1) is 18.7. The number of nitrogens with one attached hydrogen (secondary N) is 1. The molecule has 0 atom stereocenters. The van der Waals surface area contributed by atoms with E-state index in [2.05, 4.69) is 30.7 Å². The summed E-state index contributed by atoms with van der Waals surface area (Å²) in [6.45, 7) is 11.9. The molecule has 25 heavy (non-hydrogen) atoms. The lowest BCUT2D eigenvalue weighted by Gasteiger charge is -2.17. The summed E-state index contributed by atoms with van der Waals surface area (Å²) in [4.78, 5) is 17.4. The molecule has 132 valence electrons. The zero-order valence-corrected chi connectivity index (χ0v) is 15.5.